The minimum Gasteiger partial charge on any atom is -0.481 e. The van der Waals surface area contributed by atoms with Crippen LogP contribution in [-0.4, -0.2) is 96.8 Å². The van der Waals surface area contributed by atoms with Crippen LogP contribution in [0, 0.1) is 0 Å². The number of carboxylic acids is 1. The van der Waals surface area contributed by atoms with Crippen LogP contribution in [-0.2, 0) is 33.6 Å². The minimum atomic E-state index is -1.49. The van der Waals surface area contributed by atoms with Crippen LogP contribution in [0.25, 0.3) is 0 Å². The summed E-state index contributed by atoms with van der Waals surface area (Å²) in [7, 11) is 0. The van der Waals surface area contributed by atoms with Crippen LogP contribution in [0.1, 0.15) is 122 Å². The smallest absolute Gasteiger partial charge is 0.305 e. The van der Waals surface area contributed by atoms with Gasteiger partial charge >= 0.3 is 5.97 Å². The number of nitrogens with zero attached hydrogens (tertiary/aromatic N) is 1. The molecule has 0 saturated carbocycles. The number of guanidine groups is 1. The van der Waals surface area contributed by atoms with E-state index in [-0.39, 0.29) is 44.2 Å². The second-order valence-corrected chi connectivity index (χ2v) is 12.8. The van der Waals surface area contributed by atoms with Crippen LogP contribution >= 0.6 is 0 Å². The fourth-order valence-electron chi connectivity index (χ4n) is 5.20. The van der Waals surface area contributed by atoms with Crippen molar-refractivity contribution in [2.45, 2.75) is 141 Å². The third kappa shape index (κ3) is 26.3. The zero-order valence-electron chi connectivity index (χ0n) is 30.8. The molecule has 0 aromatic heterocycles. The second-order valence-electron chi connectivity index (χ2n) is 12.8. The Balaban J connectivity index is 5.12. The van der Waals surface area contributed by atoms with Gasteiger partial charge < -0.3 is 54.6 Å². The average Bonchev–Trinajstić information content (AvgIpc) is 3.08. The Morgan fingerprint density at radius 1 is 0.596 bits per heavy atom. The van der Waals surface area contributed by atoms with Gasteiger partial charge in [-0.3, -0.25) is 38.6 Å². The number of nitrogens with one attached hydrogen (secondary N) is 5. The van der Waals surface area contributed by atoms with E-state index >= 15 is 0 Å². The largest absolute Gasteiger partial charge is 0.481 e. The Morgan fingerprint density at radius 2 is 1.12 bits per heavy atom. The summed E-state index contributed by atoms with van der Waals surface area (Å²) in [6, 6.07) is -3.74. The quantitative estimate of drug-likeness (QED) is 0.0238. The number of aliphatic carboxylic acids is 1. The Labute approximate surface area is 307 Å². The summed E-state index contributed by atoms with van der Waals surface area (Å²) >= 11 is 0. The van der Waals surface area contributed by atoms with E-state index in [0.717, 1.165) is 19.3 Å². The molecule has 0 aliphatic rings. The van der Waals surface area contributed by atoms with Crippen LogP contribution in [0.15, 0.2) is 4.99 Å². The van der Waals surface area contributed by atoms with Crippen molar-refractivity contribution in [3.05, 3.63) is 0 Å². The molecule has 0 aromatic carbocycles. The second kappa shape index (κ2) is 30.2. The van der Waals surface area contributed by atoms with Crippen LogP contribution in [0.5, 0.6) is 0 Å². The molecule has 0 radical (unpaired) electrons. The van der Waals surface area contributed by atoms with E-state index in [9.17, 15) is 33.6 Å². The minimum absolute atomic E-state index is 0.0959. The number of unbranched alkanes of at least 4 members (excludes halogenated alkanes) is 11. The normalized spacial score (nSPS) is 12.4. The average molecular weight is 741 g/mol. The molecule has 298 valence electrons. The molecule has 0 spiro atoms. The van der Waals surface area contributed by atoms with Gasteiger partial charge in [0, 0.05) is 13.0 Å². The fraction of sp³-hybridized carbons (Fsp3) is 0.765. The Morgan fingerprint density at radius 3 is 1.65 bits per heavy atom. The van der Waals surface area contributed by atoms with Crippen LogP contribution in [0.2, 0.25) is 0 Å². The summed E-state index contributed by atoms with van der Waals surface area (Å²) in [5.41, 5.74) is 21.5. The number of primary amides is 1. The number of hydrogen-bond acceptors (Lipinski definition) is 9. The van der Waals surface area contributed by atoms with Crippen molar-refractivity contribution in [1.82, 2.24) is 26.6 Å². The highest BCUT2D eigenvalue weighted by Gasteiger charge is 2.27. The lowest BCUT2D eigenvalue weighted by atomic mass is 10.1. The zero-order valence-corrected chi connectivity index (χ0v) is 30.8. The molecule has 14 N–H and O–H groups in total. The van der Waals surface area contributed by atoms with Gasteiger partial charge in [0.25, 0.3) is 0 Å². The maximum absolute atomic E-state index is 13.4. The van der Waals surface area contributed by atoms with Gasteiger partial charge in [0.2, 0.25) is 35.4 Å². The van der Waals surface area contributed by atoms with Crippen LogP contribution < -0.4 is 49.5 Å². The molecule has 0 saturated heterocycles. The van der Waals surface area contributed by atoms with Gasteiger partial charge in [0.15, 0.2) is 5.96 Å². The molecule has 18 heteroatoms. The first kappa shape index (κ1) is 47.5. The van der Waals surface area contributed by atoms with Crippen molar-refractivity contribution in [2.75, 3.05) is 26.2 Å². The lowest BCUT2D eigenvalue weighted by Gasteiger charge is -2.23. The van der Waals surface area contributed by atoms with Gasteiger partial charge in [-0.1, -0.05) is 71.1 Å². The van der Waals surface area contributed by atoms with Gasteiger partial charge in [-0.2, -0.15) is 0 Å². The first-order chi connectivity index (χ1) is 24.8. The van der Waals surface area contributed by atoms with Crippen molar-refractivity contribution < 1.29 is 38.7 Å². The van der Waals surface area contributed by atoms with Gasteiger partial charge in [-0.15, -0.1) is 0 Å². The third-order valence-electron chi connectivity index (χ3n) is 8.11. The van der Waals surface area contributed by atoms with Gasteiger partial charge in [-0.25, -0.2) is 0 Å². The summed E-state index contributed by atoms with van der Waals surface area (Å²) in [5, 5.41) is 21.2. The molecule has 6 amide bonds. The Bertz CT molecular complexity index is 1130. The first-order valence-electron chi connectivity index (χ1n) is 18.5. The van der Waals surface area contributed by atoms with Crippen molar-refractivity contribution >= 4 is 47.4 Å². The number of hydrogen-bond donors (Lipinski definition) is 10. The molecule has 0 bridgehead atoms. The van der Waals surface area contributed by atoms with E-state index < -0.39 is 66.6 Å². The molecule has 0 aromatic rings. The molecule has 0 unspecified atom stereocenters. The van der Waals surface area contributed by atoms with E-state index in [1.54, 1.807) is 0 Å². The van der Waals surface area contributed by atoms with Gasteiger partial charge in [0.05, 0.1) is 19.5 Å². The SMILES string of the molecule is CCCCCCCCCCCCCC(=O)NCC(=O)N[C@@H](CCCN=C(N)N)C(=O)N[C@@H](CCCCN)C(=O)NCC(=O)N[C@@H](CC(=O)O)C(N)=O. The highest BCUT2D eigenvalue weighted by Crippen LogP contribution is 2.12. The molecule has 3 atom stereocenters. The number of nitrogens with two attached hydrogens (primary N) is 4. The number of carbonyl (C=O) groups excluding carboxylic acids is 6. The summed E-state index contributed by atoms with van der Waals surface area (Å²) in [5.74, 6) is -5.76. The monoisotopic (exact) mass is 740 g/mol. The topological polar surface area (TPSA) is 316 Å². The van der Waals surface area contributed by atoms with E-state index in [1.165, 1.54) is 44.9 Å². The Hall–Kier alpha value is -4.48. The van der Waals surface area contributed by atoms with Crippen molar-refractivity contribution in [3.63, 3.8) is 0 Å². The van der Waals surface area contributed by atoms with E-state index in [1.807, 2.05) is 0 Å². The molecule has 0 fully saturated rings. The lowest BCUT2D eigenvalue weighted by molar-refractivity contribution is -0.140. The standard InChI is InChI=1S/C34H64N10O8/c1-2-3-4-5-6-7-8-9-10-11-12-18-27(45)40-22-28(46)42-25(17-15-20-39-34(37)38)33(52)44-24(16-13-14-19-35)32(51)41-23-29(47)43-26(31(36)50)21-30(48)49/h24-26H,2-23,35H2,1H3,(H2,36,50)(H,40,45)(H,41,51)(H,42,46)(H,43,47)(H,44,52)(H,48,49)(H4,37,38,39)/t24-,25-,26-/m0/s1. The Kier molecular flexibility index (Phi) is 27.6. The zero-order chi connectivity index (χ0) is 39.1. The number of aliphatic imine (C=N–C) groups is 1. The van der Waals surface area contributed by atoms with Crippen molar-refractivity contribution in [1.29, 1.82) is 0 Å². The van der Waals surface area contributed by atoms with Gasteiger partial charge in [0.1, 0.15) is 18.1 Å². The molecule has 0 rings (SSSR count). The maximum atomic E-state index is 13.4. The van der Waals surface area contributed by atoms with Crippen molar-refractivity contribution in [3.8, 4) is 0 Å². The summed E-state index contributed by atoms with van der Waals surface area (Å²) in [4.78, 5) is 90.2. The maximum Gasteiger partial charge on any atom is 0.305 e. The molecular formula is C34H64N10O8. The molecule has 52 heavy (non-hydrogen) atoms. The third-order valence-corrected chi connectivity index (χ3v) is 8.11. The number of carbonyl (C=O) groups is 7. The summed E-state index contributed by atoms with van der Waals surface area (Å²) < 4.78 is 0. The molecule has 0 heterocycles. The summed E-state index contributed by atoms with van der Waals surface area (Å²) in [6.45, 7) is 1.72. The molecule has 0 aliphatic heterocycles. The highest BCUT2D eigenvalue weighted by molar-refractivity contribution is 5.95. The van der Waals surface area contributed by atoms with Crippen molar-refractivity contribution in [2.24, 2.45) is 27.9 Å². The number of amides is 6. The predicted molar refractivity (Wildman–Crippen MR) is 197 cm³/mol. The highest BCUT2D eigenvalue weighted by atomic mass is 16.4. The molecule has 18 nitrogen and oxygen atoms in total. The number of rotatable bonds is 32. The summed E-state index contributed by atoms with van der Waals surface area (Å²) in [6.07, 6.45) is 13.7. The number of carboxylic acid groups (broad SMARTS) is 1. The van der Waals surface area contributed by atoms with E-state index in [2.05, 4.69) is 38.5 Å². The molecule has 0 aliphatic carbocycles. The fourth-order valence-corrected chi connectivity index (χ4v) is 5.20. The van der Waals surface area contributed by atoms with E-state index in [0.29, 0.717) is 32.2 Å². The lowest BCUT2D eigenvalue weighted by Crippen LogP contribution is -2.56. The van der Waals surface area contributed by atoms with Gasteiger partial charge in [-0.05, 0) is 45.1 Å². The predicted octanol–water partition coefficient (Wildman–Crippen LogP) is -0.483. The van der Waals surface area contributed by atoms with Crippen LogP contribution in [0.3, 0.4) is 0 Å². The van der Waals surface area contributed by atoms with E-state index in [4.69, 9.17) is 28.0 Å². The first-order valence-corrected chi connectivity index (χ1v) is 18.5. The molecular weight excluding hydrogens is 676 g/mol. The van der Waals surface area contributed by atoms with Crippen LogP contribution in [0.4, 0.5) is 0 Å².